The molecule has 1 aliphatic heterocycles. The normalized spacial score (nSPS) is 15.1. The maximum absolute atomic E-state index is 11.7. The molecular weight excluding hydrogens is 198 g/mol. The van der Waals surface area contributed by atoms with Crippen molar-refractivity contribution in [3.63, 3.8) is 0 Å². The van der Waals surface area contributed by atoms with Gasteiger partial charge in [0.15, 0.2) is 0 Å². The van der Waals surface area contributed by atoms with Gasteiger partial charge in [0.05, 0.1) is 11.1 Å². The third-order valence-corrected chi connectivity index (χ3v) is 3.09. The Morgan fingerprint density at radius 1 is 1.21 bits per heavy atom. The van der Waals surface area contributed by atoms with Crippen LogP contribution in [-0.4, -0.2) is 23.3 Å². The van der Waals surface area contributed by atoms with Gasteiger partial charge in [-0.25, -0.2) is 0 Å². The summed E-state index contributed by atoms with van der Waals surface area (Å²) in [5.74, 6) is -0.251. The van der Waals surface area contributed by atoms with Crippen molar-refractivity contribution in [3.8, 4) is 0 Å². The maximum Gasteiger partial charge on any atom is 0.262 e. The summed E-state index contributed by atoms with van der Waals surface area (Å²) in [5.41, 5.74) is 1.16. The third kappa shape index (κ3) is 1.26. The SMILES string of the molecule is CCCCN1C(=O)c2cscc2C1=O. The quantitative estimate of drug-likeness (QED) is 0.715. The Morgan fingerprint density at radius 2 is 1.79 bits per heavy atom. The number of carbonyl (C=O) groups is 2. The zero-order valence-electron chi connectivity index (χ0n) is 7.95. The highest BCUT2D eigenvalue weighted by atomic mass is 32.1. The molecule has 0 unspecified atom stereocenters. The van der Waals surface area contributed by atoms with E-state index in [1.807, 2.05) is 6.92 Å². The van der Waals surface area contributed by atoms with Gasteiger partial charge in [0.2, 0.25) is 0 Å². The number of carbonyl (C=O) groups excluding carboxylic acids is 2. The van der Waals surface area contributed by atoms with Gasteiger partial charge in [-0.05, 0) is 6.42 Å². The summed E-state index contributed by atoms with van der Waals surface area (Å²) in [6.45, 7) is 2.59. The van der Waals surface area contributed by atoms with Gasteiger partial charge in [-0.1, -0.05) is 13.3 Å². The van der Waals surface area contributed by atoms with E-state index >= 15 is 0 Å². The Morgan fingerprint density at radius 3 is 2.29 bits per heavy atom. The molecule has 0 spiro atoms. The molecule has 0 radical (unpaired) electrons. The highest BCUT2D eigenvalue weighted by Gasteiger charge is 2.35. The Hall–Kier alpha value is -1.16. The van der Waals surface area contributed by atoms with E-state index in [0.29, 0.717) is 17.7 Å². The molecule has 1 aromatic rings. The summed E-state index contributed by atoms with van der Waals surface area (Å²) in [6, 6.07) is 0. The van der Waals surface area contributed by atoms with E-state index in [2.05, 4.69) is 0 Å². The molecule has 2 amide bonds. The van der Waals surface area contributed by atoms with Crippen molar-refractivity contribution in [1.29, 1.82) is 0 Å². The van der Waals surface area contributed by atoms with E-state index in [9.17, 15) is 9.59 Å². The largest absolute Gasteiger partial charge is 0.274 e. The van der Waals surface area contributed by atoms with E-state index in [0.717, 1.165) is 12.8 Å². The average Bonchev–Trinajstić information content (AvgIpc) is 2.72. The smallest absolute Gasteiger partial charge is 0.262 e. The van der Waals surface area contributed by atoms with Crippen LogP contribution in [0.25, 0.3) is 0 Å². The van der Waals surface area contributed by atoms with Crippen LogP contribution in [0.2, 0.25) is 0 Å². The lowest BCUT2D eigenvalue weighted by atomic mass is 10.2. The lowest BCUT2D eigenvalue weighted by Gasteiger charge is -2.12. The molecule has 0 aliphatic carbocycles. The van der Waals surface area contributed by atoms with Crippen LogP contribution in [0.1, 0.15) is 40.5 Å². The number of rotatable bonds is 3. The van der Waals surface area contributed by atoms with Crippen LogP contribution >= 0.6 is 11.3 Å². The molecule has 0 saturated heterocycles. The van der Waals surface area contributed by atoms with Crippen LogP contribution in [0.15, 0.2) is 10.8 Å². The Labute approximate surface area is 86.3 Å². The summed E-state index contributed by atoms with van der Waals surface area (Å²) in [6.07, 6.45) is 1.87. The zero-order valence-corrected chi connectivity index (χ0v) is 8.76. The molecule has 0 bridgehead atoms. The van der Waals surface area contributed by atoms with E-state index in [1.165, 1.54) is 16.2 Å². The summed E-state index contributed by atoms with van der Waals surface area (Å²) >= 11 is 1.41. The molecule has 3 nitrogen and oxygen atoms in total. The number of nitrogens with zero attached hydrogens (tertiary/aromatic N) is 1. The number of thiophene rings is 1. The van der Waals surface area contributed by atoms with Crippen LogP contribution < -0.4 is 0 Å². The first-order valence-electron chi connectivity index (χ1n) is 4.68. The van der Waals surface area contributed by atoms with Gasteiger partial charge in [0, 0.05) is 17.3 Å². The summed E-state index contributed by atoms with van der Waals surface area (Å²) in [4.78, 5) is 24.7. The second kappa shape index (κ2) is 3.53. The molecule has 1 aliphatic rings. The monoisotopic (exact) mass is 209 g/mol. The van der Waals surface area contributed by atoms with Gasteiger partial charge in [-0.15, -0.1) is 0 Å². The van der Waals surface area contributed by atoms with Gasteiger partial charge in [0.1, 0.15) is 0 Å². The van der Waals surface area contributed by atoms with Crippen molar-refractivity contribution in [2.45, 2.75) is 19.8 Å². The number of fused-ring (bicyclic) bond motifs is 1. The van der Waals surface area contributed by atoms with E-state index in [-0.39, 0.29) is 11.8 Å². The first-order chi connectivity index (χ1) is 6.75. The number of amides is 2. The van der Waals surface area contributed by atoms with Crippen LogP contribution in [0.5, 0.6) is 0 Å². The highest BCUT2D eigenvalue weighted by Crippen LogP contribution is 2.26. The van der Waals surface area contributed by atoms with Crippen LogP contribution in [0.4, 0.5) is 0 Å². The lowest BCUT2D eigenvalue weighted by Crippen LogP contribution is -2.30. The second-order valence-corrected chi connectivity index (χ2v) is 4.06. The number of hydrogen-bond donors (Lipinski definition) is 0. The van der Waals surface area contributed by atoms with E-state index in [1.54, 1.807) is 10.8 Å². The predicted octanol–water partition coefficient (Wildman–Crippen LogP) is 2.14. The highest BCUT2D eigenvalue weighted by molar-refractivity contribution is 7.08. The Kier molecular flexibility index (Phi) is 2.37. The first kappa shape index (κ1) is 9.40. The molecule has 0 N–H and O–H groups in total. The van der Waals surface area contributed by atoms with E-state index in [4.69, 9.17) is 0 Å². The fourth-order valence-corrected chi connectivity index (χ4v) is 2.33. The van der Waals surface area contributed by atoms with Gasteiger partial charge >= 0.3 is 0 Å². The summed E-state index contributed by atoms with van der Waals surface area (Å²) < 4.78 is 0. The minimum absolute atomic E-state index is 0.125. The average molecular weight is 209 g/mol. The van der Waals surface area contributed by atoms with Crippen LogP contribution in [0, 0.1) is 0 Å². The van der Waals surface area contributed by atoms with E-state index < -0.39 is 0 Å². The van der Waals surface area contributed by atoms with Gasteiger partial charge in [0.25, 0.3) is 11.8 Å². The fraction of sp³-hybridized carbons (Fsp3) is 0.400. The molecule has 4 heteroatoms. The molecular formula is C10H11NO2S. The topological polar surface area (TPSA) is 37.4 Å². The molecule has 74 valence electrons. The lowest BCUT2D eigenvalue weighted by molar-refractivity contribution is 0.0652. The molecule has 14 heavy (non-hydrogen) atoms. The number of hydrogen-bond acceptors (Lipinski definition) is 3. The van der Waals surface area contributed by atoms with Crippen molar-refractivity contribution in [2.24, 2.45) is 0 Å². The van der Waals surface area contributed by atoms with Crippen molar-refractivity contribution in [1.82, 2.24) is 4.90 Å². The molecule has 1 aromatic heterocycles. The second-order valence-electron chi connectivity index (χ2n) is 3.31. The van der Waals surface area contributed by atoms with Crippen molar-refractivity contribution >= 4 is 23.2 Å². The number of unbranched alkanes of at least 4 members (excludes halogenated alkanes) is 1. The van der Waals surface area contributed by atoms with Gasteiger partial charge in [-0.3, -0.25) is 14.5 Å². The molecule has 0 atom stereocenters. The predicted molar refractivity (Wildman–Crippen MR) is 54.6 cm³/mol. The van der Waals surface area contributed by atoms with Gasteiger partial charge < -0.3 is 0 Å². The summed E-state index contributed by atoms with van der Waals surface area (Å²) in [7, 11) is 0. The summed E-state index contributed by atoms with van der Waals surface area (Å²) in [5, 5.41) is 3.50. The first-order valence-corrected chi connectivity index (χ1v) is 5.62. The van der Waals surface area contributed by atoms with Crippen molar-refractivity contribution in [3.05, 3.63) is 21.9 Å². The van der Waals surface area contributed by atoms with Crippen LogP contribution in [0.3, 0.4) is 0 Å². The van der Waals surface area contributed by atoms with Crippen molar-refractivity contribution < 1.29 is 9.59 Å². The van der Waals surface area contributed by atoms with Crippen molar-refractivity contribution in [2.75, 3.05) is 6.54 Å². The third-order valence-electron chi connectivity index (χ3n) is 2.35. The number of imide groups is 1. The zero-order chi connectivity index (χ0) is 10.1. The minimum Gasteiger partial charge on any atom is -0.274 e. The van der Waals surface area contributed by atoms with Gasteiger partial charge in [-0.2, -0.15) is 11.3 Å². The molecule has 0 fully saturated rings. The Balaban J connectivity index is 2.22. The van der Waals surface area contributed by atoms with Crippen LogP contribution in [-0.2, 0) is 0 Å². The molecule has 0 aromatic carbocycles. The standard InChI is InChI=1S/C10H11NO2S/c1-2-3-4-11-9(12)7-5-14-6-8(7)10(11)13/h5-6H,2-4H2,1H3. The molecule has 0 saturated carbocycles. The minimum atomic E-state index is -0.125. The fourth-order valence-electron chi connectivity index (χ4n) is 1.53. The molecule has 2 heterocycles. The molecule has 2 rings (SSSR count). The maximum atomic E-state index is 11.7. The Bertz CT molecular complexity index is 353.